The first kappa shape index (κ1) is 20.1. The van der Waals surface area contributed by atoms with Gasteiger partial charge in [0.1, 0.15) is 6.04 Å². The lowest BCUT2D eigenvalue weighted by Crippen LogP contribution is -2.40. The molecule has 0 radical (unpaired) electrons. The van der Waals surface area contributed by atoms with Crippen LogP contribution in [0.2, 0.25) is 0 Å². The SMILES string of the molecule is CCCCC(CC)C(=O)N1CCCn2cccc2C1c1ccccc1[N+](=O)[O-]. The standard InChI is InChI=1S/C22H29N3O3/c1-3-5-10-17(4-2)22(26)24-16-9-15-23-14-8-13-20(23)21(24)18-11-6-7-12-19(18)25(27)28/h6-8,11-14,17,21H,3-5,9-10,15-16H2,1-2H3. The van der Waals surface area contributed by atoms with Crippen molar-refractivity contribution in [1.82, 2.24) is 9.47 Å². The largest absolute Gasteiger partial charge is 0.349 e. The van der Waals surface area contributed by atoms with E-state index in [1.165, 1.54) is 6.07 Å². The first-order valence-corrected chi connectivity index (χ1v) is 10.3. The number of nitro benzene ring substituents is 1. The summed E-state index contributed by atoms with van der Waals surface area (Å²) in [6.45, 7) is 5.61. The van der Waals surface area contributed by atoms with E-state index >= 15 is 0 Å². The highest BCUT2D eigenvalue weighted by molar-refractivity contribution is 5.80. The molecular formula is C22H29N3O3. The van der Waals surface area contributed by atoms with Crippen LogP contribution in [0.4, 0.5) is 5.69 Å². The van der Waals surface area contributed by atoms with Crippen LogP contribution in [0.1, 0.15) is 63.3 Å². The minimum Gasteiger partial charge on any atom is -0.349 e. The van der Waals surface area contributed by atoms with Crippen molar-refractivity contribution in [2.75, 3.05) is 6.54 Å². The van der Waals surface area contributed by atoms with Gasteiger partial charge in [-0.15, -0.1) is 0 Å². The zero-order valence-corrected chi connectivity index (χ0v) is 16.7. The highest BCUT2D eigenvalue weighted by Gasteiger charge is 2.36. The van der Waals surface area contributed by atoms with Crippen molar-refractivity contribution in [2.45, 2.75) is 58.5 Å². The Morgan fingerprint density at radius 1 is 1.21 bits per heavy atom. The maximum atomic E-state index is 13.5. The Hall–Kier alpha value is -2.63. The summed E-state index contributed by atoms with van der Waals surface area (Å²) in [6, 6.07) is 10.3. The number of fused-ring (bicyclic) bond motifs is 1. The van der Waals surface area contributed by atoms with Crippen molar-refractivity contribution >= 4 is 11.6 Å². The zero-order valence-electron chi connectivity index (χ0n) is 16.7. The zero-order chi connectivity index (χ0) is 20.1. The van der Waals surface area contributed by atoms with Crippen LogP contribution in [0.5, 0.6) is 0 Å². The smallest absolute Gasteiger partial charge is 0.275 e. The summed E-state index contributed by atoms with van der Waals surface area (Å²) < 4.78 is 2.13. The molecule has 6 heteroatoms. The van der Waals surface area contributed by atoms with Gasteiger partial charge < -0.3 is 9.47 Å². The normalized spacial score (nSPS) is 17.6. The second kappa shape index (κ2) is 9.04. The molecule has 2 aromatic rings. The molecule has 2 atom stereocenters. The van der Waals surface area contributed by atoms with Gasteiger partial charge in [-0.05, 0) is 37.5 Å². The molecule has 3 rings (SSSR count). The number of benzene rings is 1. The molecule has 0 bridgehead atoms. The lowest BCUT2D eigenvalue weighted by Gasteiger charge is -2.33. The summed E-state index contributed by atoms with van der Waals surface area (Å²) in [7, 11) is 0. The van der Waals surface area contributed by atoms with E-state index in [0.717, 1.165) is 44.3 Å². The molecule has 1 aliphatic heterocycles. The predicted molar refractivity (Wildman–Crippen MR) is 109 cm³/mol. The van der Waals surface area contributed by atoms with Gasteiger partial charge in [-0.2, -0.15) is 0 Å². The summed E-state index contributed by atoms with van der Waals surface area (Å²) in [5, 5.41) is 11.7. The number of hydrogen-bond acceptors (Lipinski definition) is 3. The molecule has 0 N–H and O–H groups in total. The van der Waals surface area contributed by atoms with Crippen molar-refractivity contribution in [3.8, 4) is 0 Å². The van der Waals surface area contributed by atoms with Gasteiger partial charge in [0.25, 0.3) is 5.69 Å². The van der Waals surface area contributed by atoms with Crippen LogP contribution in [0.15, 0.2) is 42.6 Å². The number of rotatable bonds is 7. The molecule has 0 aliphatic carbocycles. The fourth-order valence-corrected chi connectivity index (χ4v) is 4.22. The van der Waals surface area contributed by atoms with Crippen molar-refractivity contribution in [3.63, 3.8) is 0 Å². The van der Waals surface area contributed by atoms with Crippen LogP contribution >= 0.6 is 0 Å². The quantitative estimate of drug-likeness (QED) is 0.503. The van der Waals surface area contributed by atoms with Crippen LogP contribution in [-0.4, -0.2) is 26.8 Å². The minimum atomic E-state index is -0.428. The summed E-state index contributed by atoms with van der Waals surface area (Å²) in [4.78, 5) is 26.8. The third-order valence-electron chi connectivity index (χ3n) is 5.71. The number of para-hydroxylation sites is 1. The van der Waals surface area contributed by atoms with E-state index in [9.17, 15) is 14.9 Å². The molecule has 0 spiro atoms. The topological polar surface area (TPSA) is 68.4 Å². The van der Waals surface area contributed by atoms with Gasteiger partial charge in [-0.3, -0.25) is 14.9 Å². The van der Waals surface area contributed by atoms with Gasteiger partial charge in [0, 0.05) is 37.0 Å². The molecule has 0 fully saturated rings. The highest BCUT2D eigenvalue weighted by Crippen LogP contribution is 2.38. The third-order valence-corrected chi connectivity index (χ3v) is 5.71. The van der Waals surface area contributed by atoms with E-state index in [2.05, 4.69) is 18.4 Å². The van der Waals surface area contributed by atoms with Gasteiger partial charge in [-0.25, -0.2) is 0 Å². The molecule has 0 saturated heterocycles. The third kappa shape index (κ3) is 3.96. The number of carbonyl (C=O) groups excluding carboxylic acids is 1. The minimum absolute atomic E-state index is 0.0354. The first-order valence-electron chi connectivity index (χ1n) is 10.3. The van der Waals surface area contributed by atoms with Crippen LogP contribution in [-0.2, 0) is 11.3 Å². The Morgan fingerprint density at radius 3 is 2.71 bits per heavy atom. The van der Waals surface area contributed by atoms with E-state index in [0.29, 0.717) is 12.1 Å². The molecular weight excluding hydrogens is 354 g/mol. The van der Waals surface area contributed by atoms with E-state index in [4.69, 9.17) is 0 Å². The number of nitro groups is 1. The molecule has 1 aromatic carbocycles. The summed E-state index contributed by atoms with van der Waals surface area (Å²) in [5.74, 6) is 0.0838. The Morgan fingerprint density at radius 2 is 2.00 bits per heavy atom. The maximum absolute atomic E-state index is 13.5. The number of nitrogens with zero attached hydrogens (tertiary/aromatic N) is 3. The maximum Gasteiger partial charge on any atom is 0.275 e. The highest BCUT2D eigenvalue weighted by atomic mass is 16.6. The number of carbonyl (C=O) groups is 1. The van der Waals surface area contributed by atoms with Gasteiger partial charge >= 0.3 is 0 Å². The van der Waals surface area contributed by atoms with Crippen LogP contribution in [0, 0.1) is 16.0 Å². The Balaban J connectivity index is 2.08. The van der Waals surface area contributed by atoms with Crippen molar-refractivity contribution in [1.29, 1.82) is 0 Å². The Kier molecular flexibility index (Phi) is 6.49. The molecule has 1 aliphatic rings. The second-order valence-corrected chi connectivity index (χ2v) is 7.48. The van der Waals surface area contributed by atoms with Crippen molar-refractivity contribution in [2.24, 2.45) is 5.92 Å². The predicted octanol–water partition coefficient (Wildman–Crippen LogP) is 4.93. The van der Waals surface area contributed by atoms with E-state index < -0.39 is 6.04 Å². The van der Waals surface area contributed by atoms with E-state index in [1.54, 1.807) is 12.1 Å². The van der Waals surface area contributed by atoms with Gasteiger partial charge in [0.2, 0.25) is 5.91 Å². The fraction of sp³-hybridized carbons (Fsp3) is 0.500. The summed E-state index contributed by atoms with van der Waals surface area (Å²) in [5.41, 5.74) is 1.61. The summed E-state index contributed by atoms with van der Waals surface area (Å²) in [6.07, 6.45) is 6.58. The molecule has 0 saturated carbocycles. The first-order chi connectivity index (χ1) is 13.6. The lowest BCUT2D eigenvalue weighted by molar-refractivity contribution is -0.385. The fourth-order valence-electron chi connectivity index (χ4n) is 4.22. The van der Waals surface area contributed by atoms with Crippen LogP contribution in [0.25, 0.3) is 0 Å². The number of unbranched alkanes of at least 4 members (excludes halogenated alkanes) is 1. The van der Waals surface area contributed by atoms with Crippen LogP contribution in [0.3, 0.4) is 0 Å². The lowest BCUT2D eigenvalue weighted by atomic mass is 9.94. The second-order valence-electron chi connectivity index (χ2n) is 7.48. The van der Waals surface area contributed by atoms with E-state index in [1.807, 2.05) is 29.3 Å². The monoisotopic (exact) mass is 383 g/mol. The number of aromatic nitrogens is 1. The van der Waals surface area contributed by atoms with Crippen molar-refractivity contribution < 1.29 is 9.72 Å². The molecule has 2 unspecified atom stereocenters. The van der Waals surface area contributed by atoms with Crippen LogP contribution < -0.4 is 0 Å². The van der Waals surface area contributed by atoms with Gasteiger partial charge in [0.05, 0.1) is 10.5 Å². The molecule has 28 heavy (non-hydrogen) atoms. The average molecular weight is 383 g/mol. The molecule has 1 amide bonds. The molecule has 2 heterocycles. The number of aryl methyl sites for hydroxylation is 1. The molecule has 150 valence electrons. The molecule has 6 nitrogen and oxygen atoms in total. The Bertz CT molecular complexity index is 830. The van der Waals surface area contributed by atoms with Gasteiger partial charge in [0.15, 0.2) is 0 Å². The van der Waals surface area contributed by atoms with Crippen molar-refractivity contribution in [3.05, 3.63) is 64.0 Å². The number of hydrogen-bond donors (Lipinski definition) is 0. The summed E-state index contributed by atoms with van der Waals surface area (Å²) >= 11 is 0. The average Bonchev–Trinajstić information content (AvgIpc) is 3.08. The number of amides is 1. The van der Waals surface area contributed by atoms with Gasteiger partial charge in [-0.1, -0.05) is 38.8 Å². The molecule has 1 aromatic heterocycles. The Labute approximate surface area is 166 Å². The van der Waals surface area contributed by atoms with E-state index in [-0.39, 0.29) is 22.4 Å².